The Hall–Kier alpha value is -2.29. The lowest BCUT2D eigenvalue weighted by Gasteiger charge is -2.17. The van der Waals surface area contributed by atoms with Crippen LogP contribution in [0.2, 0.25) is 0 Å². The molecule has 104 valence electrons. The van der Waals surface area contributed by atoms with Crippen molar-refractivity contribution < 1.29 is 9.53 Å². The van der Waals surface area contributed by atoms with Gasteiger partial charge in [-0.1, -0.05) is 48.5 Å². The maximum atomic E-state index is 11.9. The number of ether oxygens (including phenoxy) is 1. The van der Waals surface area contributed by atoms with E-state index in [1.54, 1.807) is 11.9 Å². The molecule has 0 aliphatic carbocycles. The van der Waals surface area contributed by atoms with E-state index >= 15 is 0 Å². The smallest absolute Gasteiger partial charge is 0.260 e. The first-order valence-electron chi connectivity index (χ1n) is 6.71. The quantitative estimate of drug-likeness (QED) is 0.807. The molecule has 0 saturated carbocycles. The third kappa shape index (κ3) is 4.43. The molecule has 0 aromatic heterocycles. The molecule has 0 N–H and O–H groups in total. The zero-order chi connectivity index (χ0) is 14.2. The molecule has 3 nitrogen and oxygen atoms in total. The largest absolute Gasteiger partial charge is 0.484 e. The van der Waals surface area contributed by atoms with E-state index in [9.17, 15) is 4.79 Å². The van der Waals surface area contributed by atoms with E-state index in [4.69, 9.17) is 4.74 Å². The van der Waals surface area contributed by atoms with Gasteiger partial charge in [0, 0.05) is 13.6 Å². The molecular formula is C17H19NO2. The van der Waals surface area contributed by atoms with E-state index in [0.717, 1.165) is 12.2 Å². The lowest BCUT2D eigenvalue weighted by molar-refractivity contribution is -0.132. The number of hydrogen-bond donors (Lipinski definition) is 0. The number of para-hydroxylation sites is 1. The molecule has 0 radical (unpaired) electrons. The highest BCUT2D eigenvalue weighted by Gasteiger charge is 2.09. The number of hydrogen-bond acceptors (Lipinski definition) is 2. The van der Waals surface area contributed by atoms with Crippen molar-refractivity contribution in [3.63, 3.8) is 0 Å². The summed E-state index contributed by atoms with van der Waals surface area (Å²) in [6.45, 7) is 0.774. The second-order valence-corrected chi connectivity index (χ2v) is 4.65. The van der Waals surface area contributed by atoms with E-state index < -0.39 is 0 Å². The van der Waals surface area contributed by atoms with Crippen molar-refractivity contribution >= 4 is 5.91 Å². The Kier molecular flexibility index (Phi) is 5.18. The summed E-state index contributed by atoms with van der Waals surface area (Å²) >= 11 is 0. The van der Waals surface area contributed by atoms with Crippen LogP contribution in [0.1, 0.15) is 5.56 Å². The van der Waals surface area contributed by atoms with Crippen LogP contribution in [0, 0.1) is 0 Å². The highest BCUT2D eigenvalue weighted by Crippen LogP contribution is 2.08. The van der Waals surface area contributed by atoms with Crippen LogP contribution in [0.5, 0.6) is 5.75 Å². The fourth-order valence-electron chi connectivity index (χ4n) is 1.84. The van der Waals surface area contributed by atoms with E-state index in [2.05, 4.69) is 12.1 Å². The van der Waals surface area contributed by atoms with Crippen LogP contribution in [0.25, 0.3) is 0 Å². The highest BCUT2D eigenvalue weighted by molar-refractivity contribution is 5.77. The van der Waals surface area contributed by atoms with Crippen LogP contribution in [-0.2, 0) is 11.2 Å². The molecule has 20 heavy (non-hydrogen) atoms. The molecule has 0 atom stereocenters. The van der Waals surface area contributed by atoms with Gasteiger partial charge in [-0.3, -0.25) is 4.79 Å². The van der Waals surface area contributed by atoms with Gasteiger partial charge in [0.25, 0.3) is 5.91 Å². The molecule has 2 rings (SSSR count). The van der Waals surface area contributed by atoms with Gasteiger partial charge in [-0.2, -0.15) is 0 Å². The van der Waals surface area contributed by atoms with Crippen molar-refractivity contribution in [2.45, 2.75) is 6.42 Å². The van der Waals surface area contributed by atoms with Crippen LogP contribution in [0.15, 0.2) is 60.7 Å². The molecule has 0 aliphatic heterocycles. The van der Waals surface area contributed by atoms with Gasteiger partial charge in [0.05, 0.1) is 0 Å². The molecule has 2 aromatic carbocycles. The predicted molar refractivity (Wildman–Crippen MR) is 79.7 cm³/mol. The summed E-state index contributed by atoms with van der Waals surface area (Å²) in [6.07, 6.45) is 0.856. The lowest BCUT2D eigenvalue weighted by atomic mass is 10.1. The number of benzene rings is 2. The number of rotatable bonds is 6. The Labute approximate surface area is 119 Å². The van der Waals surface area contributed by atoms with Crippen molar-refractivity contribution in [3.8, 4) is 5.75 Å². The van der Waals surface area contributed by atoms with Crippen LogP contribution in [-0.4, -0.2) is 31.0 Å². The Bertz CT molecular complexity index is 525. The number of carbonyl (C=O) groups excluding carboxylic acids is 1. The molecule has 0 fully saturated rings. The topological polar surface area (TPSA) is 29.5 Å². The van der Waals surface area contributed by atoms with Gasteiger partial charge in [0.2, 0.25) is 0 Å². The number of nitrogens with zero attached hydrogens (tertiary/aromatic N) is 1. The summed E-state index contributed by atoms with van der Waals surface area (Å²) < 4.78 is 5.45. The van der Waals surface area contributed by atoms with Crippen molar-refractivity contribution in [3.05, 3.63) is 66.2 Å². The second kappa shape index (κ2) is 7.34. The summed E-state index contributed by atoms with van der Waals surface area (Å²) in [6, 6.07) is 19.5. The van der Waals surface area contributed by atoms with Gasteiger partial charge in [0.15, 0.2) is 6.61 Å². The van der Waals surface area contributed by atoms with E-state index in [0.29, 0.717) is 6.54 Å². The van der Waals surface area contributed by atoms with E-state index in [1.165, 1.54) is 5.56 Å². The monoisotopic (exact) mass is 269 g/mol. The first-order chi connectivity index (χ1) is 9.75. The first-order valence-corrected chi connectivity index (χ1v) is 6.71. The first kappa shape index (κ1) is 14.1. The molecule has 1 amide bonds. The third-order valence-corrected chi connectivity index (χ3v) is 3.11. The molecule has 0 bridgehead atoms. The minimum Gasteiger partial charge on any atom is -0.484 e. The predicted octanol–water partition coefficient (Wildman–Crippen LogP) is 2.77. The third-order valence-electron chi connectivity index (χ3n) is 3.11. The van der Waals surface area contributed by atoms with Gasteiger partial charge in [-0.15, -0.1) is 0 Å². The zero-order valence-corrected chi connectivity index (χ0v) is 11.7. The molecule has 0 heterocycles. The number of likely N-dealkylation sites (N-methyl/N-ethyl adjacent to an activating group) is 1. The zero-order valence-electron chi connectivity index (χ0n) is 11.7. The fourth-order valence-corrected chi connectivity index (χ4v) is 1.84. The summed E-state index contributed by atoms with van der Waals surface area (Å²) in [5, 5.41) is 0. The summed E-state index contributed by atoms with van der Waals surface area (Å²) in [7, 11) is 1.81. The molecule has 0 saturated heterocycles. The van der Waals surface area contributed by atoms with Crippen molar-refractivity contribution in [1.82, 2.24) is 4.90 Å². The second-order valence-electron chi connectivity index (χ2n) is 4.65. The standard InChI is InChI=1S/C17H19NO2/c1-18(13-12-15-8-4-2-5-9-15)17(19)14-20-16-10-6-3-7-11-16/h2-11H,12-14H2,1H3. The number of amides is 1. The van der Waals surface area contributed by atoms with Crippen LogP contribution < -0.4 is 4.74 Å². The maximum absolute atomic E-state index is 11.9. The minimum absolute atomic E-state index is 0.00946. The van der Waals surface area contributed by atoms with Crippen molar-refractivity contribution in [2.75, 3.05) is 20.2 Å². The average molecular weight is 269 g/mol. The lowest BCUT2D eigenvalue weighted by Crippen LogP contribution is -2.33. The summed E-state index contributed by atoms with van der Waals surface area (Å²) in [5.41, 5.74) is 1.23. The molecule has 0 unspecified atom stereocenters. The van der Waals surface area contributed by atoms with E-state index in [1.807, 2.05) is 48.5 Å². The molecule has 3 heteroatoms. The Morgan fingerprint density at radius 1 is 1.00 bits per heavy atom. The maximum Gasteiger partial charge on any atom is 0.260 e. The highest BCUT2D eigenvalue weighted by atomic mass is 16.5. The number of carbonyl (C=O) groups is 1. The van der Waals surface area contributed by atoms with Gasteiger partial charge >= 0.3 is 0 Å². The van der Waals surface area contributed by atoms with Gasteiger partial charge in [-0.05, 0) is 24.1 Å². The Morgan fingerprint density at radius 2 is 1.60 bits per heavy atom. The Balaban J connectivity index is 1.75. The van der Waals surface area contributed by atoms with Gasteiger partial charge in [-0.25, -0.2) is 0 Å². The van der Waals surface area contributed by atoms with Gasteiger partial charge < -0.3 is 9.64 Å². The average Bonchev–Trinajstić information content (AvgIpc) is 2.52. The van der Waals surface area contributed by atoms with Crippen LogP contribution in [0.3, 0.4) is 0 Å². The van der Waals surface area contributed by atoms with E-state index in [-0.39, 0.29) is 12.5 Å². The minimum atomic E-state index is -0.00946. The molecule has 0 aliphatic rings. The van der Waals surface area contributed by atoms with Gasteiger partial charge in [0.1, 0.15) is 5.75 Å². The molecule has 0 spiro atoms. The fraction of sp³-hybridized carbons (Fsp3) is 0.235. The Morgan fingerprint density at radius 3 is 2.25 bits per heavy atom. The van der Waals surface area contributed by atoms with Crippen LogP contribution in [0.4, 0.5) is 0 Å². The SMILES string of the molecule is CN(CCc1ccccc1)C(=O)COc1ccccc1. The summed E-state index contributed by atoms with van der Waals surface area (Å²) in [4.78, 5) is 13.6. The van der Waals surface area contributed by atoms with Crippen molar-refractivity contribution in [1.29, 1.82) is 0 Å². The van der Waals surface area contributed by atoms with Crippen molar-refractivity contribution in [2.24, 2.45) is 0 Å². The van der Waals surface area contributed by atoms with Crippen LogP contribution >= 0.6 is 0 Å². The molecule has 2 aromatic rings. The summed E-state index contributed by atoms with van der Waals surface area (Å²) in [5.74, 6) is 0.710. The molecular weight excluding hydrogens is 250 g/mol. The normalized spacial score (nSPS) is 10.1.